The molecular weight excluding hydrogens is 408 g/mol. The molecule has 2 unspecified atom stereocenters. The zero-order valence-corrected chi connectivity index (χ0v) is 17.8. The minimum Gasteiger partial charge on any atom is -0.331 e. The molecular formula is C23H22N6OS. The Morgan fingerprint density at radius 3 is 2.97 bits per heavy atom. The molecule has 8 heteroatoms. The summed E-state index contributed by atoms with van der Waals surface area (Å²) < 4.78 is 1.75. The van der Waals surface area contributed by atoms with Crippen LogP contribution < -0.4 is 5.32 Å². The standard InChI is InChI=1S/C23H22N6OS/c30-23(29-16-3-4-17(29)13-24-8-6-16)15-5-9-25-20(12-15)18-14-26-28-10-7-19(27-22(18)28)21-2-1-11-31-21/h1-2,5,7,9-12,14,16-17,24H,3-4,6,8,13H2. The van der Waals surface area contributed by atoms with Crippen molar-refractivity contribution in [3.8, 4) is 21.8 Å². The van der Waals surface area contributed by atoms with Crippen LogP contribution in [0.4, 0.5) is 0 Å². The Bertz CT molecular complexity index is 1240. The van der Waals surface area contributed by atoms with Gasteiger partial charge in [-0.15, -0.1) is 11.3 Å². The second-order valence-corrected chi connectivity index (χ2v) is 9.08. The van der Waals surface area contributed by atoms with E-state index in [0.717, 1.165) is 59.8 Å². The summed E-state index contributed by atoms with van der Waals surface area (Å²) in [7, 11) is 0. The first-order chi connectivity index (χ1) is 15.3. The van der Waals surface area contributed by atoms with Gasteiger partial charge >= 0.3 is 0 Å². The Labute approximate surface area is 183 Å². The SMILES string of the molecule is O=C(c1ccnc(-c2cnn3ccc(-c4cccs4)nc23)c1)N1C2CCNCC1CC2. The summed E-state index contributed by atoms with van der Waals surface area (Å²) in [5.74, 6) is 0.101. The van der Waals surface area contributed by atoms with E-state index in [4.69, 9.17) is 4.98 Å². The Balaban J connectivity index is 1.37. The second-order valence-electron chi connectivity index (χ2n) is 8.14. The van der Waals surface area contributed by atoms with Crippen LogP contribution in [-0.4, -0.2) is 55.6 Å². The van der Waals surface area contributed by atoms with Gasteiger partial charge in [0.2, 0.25) is 0 Å². The molecule has 0 spiro atoms. The van der Waals surface area contributed by atoms with Crippen LogP contribution in [0.5, 0.6) is 0 Å². The quantitative estimate of drug-likeness (QED) is 0.539. The van der Waals surface area contributed by atoms with Gasteiger partial charge in [0, 0.05) is 36.6 Å². The average molecular weight is 431 g/mol. The third-order valence-corrected chi connectivity index (χ3v) is 7.21. The molecule has 0 saturated carbocycles. The highest BCUT2D eigenvalue weighted by Crippen LogP contribution is 2.31. The molecule has 6 heterocycles. The largest absolute Gasteiger partial charge is 0.331 e. The second kappa shape index (κ2) is 7.55. The molecule has 2 saturated heterocycles. The molecule has 2 fully saturated rings. The van der Waals surface area contributed by atoms with E-state index in [0.29, 0.717) is 11.6 Å². The van der Waals surface area contributed by atoms with Gasteiger partial charge in [-0.25, -0.2) is 9.50 Å². The van der Waals surface area contributed by atoms with Gasteiger partial charge in [-0.05, 0) is 55.5 Å². The topological polar surface area (TPSA) is 75.4 Å². The number of rotatable bonds is 3. The number of hydrogen-bond acceptors (Lipinski definition) is 6. The van der Waals surface area contributed by atoms with E-state index in [1.54, 1.807) is 28.2 Å². The molecule has 2 bridgehead atoms. The van der Waals surface area contributed by atoms with Crippen molar-refractivity contribution in [3.63, 3.8) is 0 Å². The Kier molecular flexibility index (Phi) is 4.54. The number of amides is 1. The first kappa shape index (κ1) is 18.7. The molecule has 156 valence electrons. The van der Waals surface area contributed by atoms with Crippen LogP contribution in [0.25, 0.3) is 27.5 Å². The van der Waals surface area contributed by atoms with Gasteiger partial charge in [-0.2, -0.15) is 5.10 Å². The molecule has 2 atom stereocenters. The van der Waals surface area contributed by atoms with Gasteiger partial charge in [0.25, 0.3) is 5.91 Å². The summed E-state index contributed by atoms with van der Waals surface area (Å²) in [6, 6.07) is 10.4. The van der Waals surface area contributed by atoms with Gasteiger partial charge in [0.05, 0.1) is 28.0 Å². The summed E-state index contributed by atoms with van der Waals surface area (Å²) in [5, 5.41) is 9.95. The van der Waals surface area contributed by atoms with Crippen molar-refractivity contribution in [2.45, 2.75) is 31.3 Å². The van der Waals surface area contributed by atoms with Crippen LogP contribution >= 0.6 is 11.3 Å². The highest BCUT2D eigenvalue weighted by molar-refractivity contribution is 7.13. The number of pyridine rings is 1. The normalized spacial score (nSPS) is 20.8. The van der Waals surface area contributed by atoms with Crippen LogP contribution in [0.3, 0.4) is 0 Å². The maximum absolute atomic E-state index is 13.4. The fourth-order valence-corrected chi connectivity index (χ4v) is 5.48. The molecule has 4 aromatic rings. The summed E-state index contributed by atoms with van der Waals surface area (Å²) in [6.45, 7) is 1.86. The molecule has 0 aliphatic carbocycles. The Morgan fingerprint density at radius 2 is 2.06 bits per heavy atom. The number of carbonyl (C=O) groups excluding carboxylic acids is 1. The number of fused-ring (bicyclic) bond motifs is 3. The number of carbonyl (C=O) groups is 1. The number of hydrogen-bond donors (Lipinski definition) is 1. The summed E-state index contributed by atoms with van der Waals surface area (Å²) >= 11 is 1.66. The molecule has 31 heavy (non-hydrogen) atoms. The van der Waals surface area contributed by atoms with E-state index < -0.39 is 0 Å². The summed E-state index contributed by atoms with van der Waals surface area (Å²) in [4.78, 5) is 26.0. The van der Waals surface area contributed by atoms with Crippen molar-refractivity contribution in [2.24, 2.45) is 0 Å². The molecule has 6 rings (SSSR count). The lowest BCUT2D eigenvalue weighted by Gasteiger charge is -2.28. The smallest absolute Gasteiger partial charge is 0.254 e. The highest BCUT2D eigenvalue weighted by Gasteiger charge is 2.38. The molecule has 7 nitrogen and oxygen atoms in total. The van der Waals surface area contributed by atoms with Crippen LogP contribution in [0.15, 0.2) is 54.3 Å². The van der Waals surface area contributed by atoms with Crippen LogP contribution in [0.1, 0.15) is 29.6 Å². The number of thiophene rings is 1. The van der Waals surface area contributed by atoms with Crippen LogP contribution in [-0.2, 0) is 0 Å². The maximum Gasteiger partial charge on any atom is 0.254 e. The lowest BCUT2D eigenvalue weighted by Crippen LogP contribution is -2.42. The van der Waals surface area contributed by atoms with Crippen molar-refractivity contribution < 1.29 is 4.79 Å². The average Bonchev–Trinajstić information content (AvgIpc) is 3.51. The van der Waals surface area contributed by atoms with Crippen molar-refractivity contribution in [3.05, 3.63) is 59.9 Å². The zero-order chi connectivity index (χ0) is 20.8. The van der Waals surface area contributed by atoms with Crippen molar-refractivity contribution >= 4 is 22.9 Å². The first-order valence-electron chi connectivity index (χ1n) is 10.7. The van der Waals surface area contributed by atoms with E-state index in [9.17, 15) is 4.79 Å². The minimum atomic E-state index is 0.101. The molecule has 1 amide bonds. The highest BCUT2D eigenvalue weighted by atomic mass is 32.1. The van der Waals surface area contributed by atoms with Crippen LogP contribution in [0.2, 0.25) is 0 Å². The Hall–Kier alpha value is -3.10. The molecule has 0 radical (unpaired) electrons. The molecule has 2 aliphatic rings. The number of nitrogens with zero attached hydrogens (tertiary/aromatic N) is 5. The maximum atomic E-state index is 13.4. The fraction of sp³-hybridized carbons (Fsp3) is 0.304. The number of aromatic nitrogens is 4. The van der Waals surface area contributed by atoms with Crippen molar-refractivity contribution in [1.82, 2.24) is 29.8 Å². The lowest BCUT2D eigenvalue weighted by molar-refractivity contribution is 0.0680. The predicted molar refractivity (Wildman–Crippen MR) is 120 cm³/mol. The van der Waals surface area contributed by atoms with E-state index in [2.05, 4.69) is 26.4 Å². The Morgan fingerprint density at radius 1 is 1.13 bits per heavy atom. The van der Waals surface area contributed by atoms with Gasteiger partial charge < -0.3 is 10.2 Å². The van der Waals surface area contributed by atoms with Crippen LogP contribution in [0, 0.1) is 0 Å². The molecule has 4 aromatic heterocycles. The van der Waals surface area contributed by atoms with E-state index in [1.165, 1.54) is 0 Å². The first-order valence-corrected chi connectivity index (χ1v) is 11.5. The van der Waals surface area contributed by atoms with E-state index >= 15 is 0 Å². The van der Waals surface area contributed by atoms with Crippen molar-refractivity contribution in [1.29, 1.82) is 0 Å². The molecule has 1 N–H and O–H groups in total. The summed E-state index contributed by atoms with van der Waals surface area (Å²) in [6.07, 6.45) is 8.59. The van der Waals surface area contributed by atoms with E-state index in [-0.39, 0.29) is 11.9 Å². The third kappa shape index (κ3) is 3.23. The zero-order valence-electron chi connectivity index (χ0n) is 16.9. The molecule has 0 aromatic carbocycles. The van der Waals surface area contributed by atoms with Gasteiger partial charge in [0.15, 0.2) is 5.65 Å². The molecule has 2 aliphatic heterocycles. The van der Waals surface area contributed by atoms with E-state index in [1.807, 2.05) is 35.8 Å². The third-order valence-electron chi connectivity index (χ3n) is 6.31. The van der Waals surface area contributed by atoms with Gasteiger partial charge in [-0.1, -0.05) is 6.07 Å². The predicted octanol–water partition coefficient (Wildman–Crippen LogP) is 3.49. The number of nitrogens with one attached hydrogen (secondary N) is 1. The monoisotopic (exact) mass is 430 g/mol. The van der Waals surface area contributed by atoms with Gasteiger partial charge in [-0.3, -0.25) is 9.78 Å². The minimum absolute atomic E-state index is 0.101. The van der Waals surface area contributed by atoms with Crippen molar-refractivity contribution in [2.75, 3.05) is 13.1 Å². The van der Waals surface area contributed by atoms with Gasteiger partial charge in [0.1, 0.15) is 0 Å². The lowest BCUT2D eigenvalue weighted by atomic mass is 10.1. The fourth-order valence-electron chi connectivity index (χ4n) is 4.78. The summed E-state index contributed by atoms with van der Waals surface area (Å²) in [5.41, 5.74) is 3.87.